The fourth-order valence-corrected chi connectivity index (χ4v) is 3.32. The molecule has 0 radical (unpaired) electrons. The van der Waals surface area contributed by atoms with Crippen LogP contribution in [0.15, 0.2) is 48.7 Å². The number of nitrogens with two attached hydrogens (primary N) is 1. The maximum Gasteiger partial charge on any atom is 0.254 e. The normalized spacial score (nSPS) is 17.3. The van der Waals surface area contributed by atoms with Gasteiger partial charge in [0.25, 0.3) is 5.91 Å². The Morgan fingerprint density at radius 1 is 1.12 bits per heavy atom. The molecule has 6 heteroatoms. The summed E-state index contributed by atoms with van der Waals surface area (Å²) >= 11 is 0. The van der Waals surface area contributed by atoms with Crippen molar-refractivity contribution < 1.29 is 9.59 Å². The minimum Gasteiger partial charge on any atom is -0.366 e. The Balaban J connectivity index is 1.89. The Labute approximate surface area is 153 Å². The lowest BCUT2D eigenvalue weighted by molar-refractivity contribution is 0.0642. The van der Waals surface area contributed by atoms with Crippen LogP contribution in [0.2, 0.25) is 0 Å². The van der Waals surface area contributed by atoms with Crippen molar-refractivity contribution in [2.24, 2.45) is 5.73 Å². The molecule has 0 aliphatic carbocycles. The Bertz CT molecular complexity index is 755. The van der Waals surface area contributed by atoms with Crippen LogP contribution in [0.1, 0.15) is 45.7 Å². The predicted molar refractivity (Wildman–Crippen MR) is 99.6 cm³/mol. The highest BCUT2D eigenvalue weighted by atomic mass is 16.2. The standard InChI is InChI=1S/C20H24N4O2/c21-19(25)15-5-3-6-16(13-15)20(26)24(14-17-7-1-2-11-23-17)18-8-4-10-22-12-9-18/h1-3,5-7,11,13,18,22H,4,8-10,12,14H2,(H2,21,25). The van der Waals surface area contributed by atoms with Crippen molar-refractivity contribution in [3.05, 3.63) is 65.5 Å². The monoisotopic (exact) mass is 352 g/mol. The van der Waals surface area contributed by atoms with E-state index in [0.29, 0.717) is 17.7 Å². The Kier molecular flexibility index (Phi) is 5.96. The average Bonchev–Trinajstić information content (AvgIpc) is 2.96. The molecule has 2 heterocycles. The van der Waals surface area contributed by atoms with Gasteiger partial charge in [-0.1, -0.05) is 12.1 Å². The van der Waals surface area contributed by atoms with Gasteiger partial charge in [-0.25, -0.2) is 0 Å². The van der Waals surface area contributed by atoms with E-state index in [0.717, 1.165) is 38.0 Å². The summed E-state index contributed by atoms with van der Waals surface area (Å²) in [5.74, 6) is -0.625. The highest BCUT2D eigenvalue weighted by molar-refractivity contribution is 5.99. The minimum absolute atomic E-state index is 0.0920. The lowest BCUT2D eigenvalue weighted by Gasteiger charge is -2.31. The molecule has 0 bridgehead atoms. The minimum atomic E-state index is -0.533. The molecular formula is C20H24N4O2. The second-order valence-corrected chi connectivity index (χ2v) is 6.53. The highest BCUT2D eigenvalue weighted by Crippen LogP contribution is 2.20. The number of aromatic nitrogens is 1. The Morgan fingerprint density at radius 2 is 1.96 bits per heavy atom. The first-order valence-electron chi connectivity index (χ1n) is 8.96. The SMILES string of the molecule is NC(=O)c1cccc(C(=O)N(Cc2ccccn2)C2CCCNCC2)c1. The predicted octanol–water partition coefficient (Wildman–Crippen LogP) is 1.96. The van der Waals surface area contributed by atoms with E-state index in [4.69, 9.17) is 5.73 Å². The van der Waals surface area contributed by atoms with Crippen LogP contribution in [-0.4, -0.2) is 40.8 Å². The lowest BCUT2D eigenvalue weighted by atomic mass is 10.0. The molecular weight excluding hydrogens is 328 g/mol. The van der Waals surface area contributed by atoms with Gasteiger partial charge in [-0.2, -0.15) is 0 Å². The number of pyridine rings is 1. The second-order valence-electron chi connectivity index (χ2n) is 6.53. The molecule has 6 nitrogen and oxygen atoms in total. The fraction of sp³-hybridized carbons (Fsp3) is 0.350. The van der Waals surface area contributed by atoms with E-state index in [1.165, 1.54) is 0 Å². The van der Waals surface area contributed by atoms with E-state index in [9.17, 15) is 9.59 Å². The zero-order chi connectivity index (χ0) is 18.4. The first-order valence-corrected chi connectivity index (χ1v) is 8.96. The molecule has 0 saturated carbocycles. The second kappa shape index (κ2) is 8.58. The number of hydrogen-bond acceptors (Lipinski definition) is 4. The molecule has 1 aliphatic heterocycles. The van der Waals surface area contributed by atoms with Gasteiger partial charge in [-0.15, -0.1) is 0 Å². The topological polar surface area (TPSA) is 88.3 Å². The first-order chi connectivity index (χ1) is 12.6. The van der Waals surface area contributed by atoms with Crippen LogP contribution in [-0.2, 0) is 6.54 Å². The summed E-state index contributed by atoms with van der Waals surface area (Å²) in [6.45, 7) is 2.31. The molecule has 1 aromatic heterocycles. The summed E-state index contributed by atoms with van der Waals surface area (Å²) in [7, 11) is 0. The van der Waals surface area contributed by atoms with Crippen LogP contribution in [0.3, 0.4) is 0 Å². The highest BCUT2D eigenvalue weighted by Gasteiger charge is 2.26. The van der Waals surface area contributed by atoms with Gasteiger partial charge in [-0.05, 0) is 62.7 Å². The quantitative estimate of drug-likeness (QED) is 0.861. The summed E-state index contributed by atoms with van der Waals surface area (Å²) < 4.78 is 0. The van der Waals surface area contributed by atoms with E-state index in [-0.39, 0.29) is 11.9 Å². The number of carbonyl (C=O) groups is 2. The summed E-state index contributed by atoms with van der Waals surface area (Å²) in [6, 6.07) is 12.5. The number of primary amides is 1. The third kappa shape index (κ3) is 4.46. The van der Waals surface area contributed by atoms with Crippen LogP contribution in [0.4, 0.5) is 0 Å². The molecule has 3 rings (SSSR count). The van der Waals surface area contributed by atoms with Gasteiger partial charge in [0.2, 0.25) is 5.91 Å². The van der Waals surface area contributed by atoms with E-state index in [2.05, 4.69) is 10.3 Å². The van der Waals surface area contributed by atoms with Crippen molar-refractivity contribution in [3.8, 4) is 0 Å². The summed E-state index contributed by atoms with van der Waals surface area (Å²) in [6.07, 6.45) is 4.60. The van der Waals surface area contributed by atoms with Crippen LogP contribution >= 0.6 is 0 Å². The molecule has 26 heavy (non-hydrogen) atoms. The van der Waals surface area contributed by atoms with Crippen LogP contribution in [0, 0.1) is 0 Å². The fourth-order valence-electron chi connectivity index (χ4n) is 3.32. The zero-order valence-corrected chi connectivity index (χ0v) is 14.7. The van der Waals surface area contributed by atoms with E-state index in [1.807, 2.05) is 23.1 Å². The van der Waals surface area contributed by atoms with Gasteiger partial charge in [0.15, 0.2) is 0 Å². The number of nitrogens with zero attached hydrogens (tertiary/aromatic N) is 2. The van der Waals surface area contributed by atoms with Crippen LogP contribution in [0.5, 0.6) is 0 Å². The van der Waals surface area contributed by atoms with Gasteiger partial charge < -0.3 is 16.0 Å². The van der Waals surface area contributed by atoms with Gasteiger partial charge in [0.05, 0.1) is 12.2 Å². The first kappa shape index (κ1) is 18.1. The van der Waals surface area contributed by atoms with Crippen LogP contribution in [0.25, 0.3) is 0 Å². The van der Waals surface area contributed by atoms with Gasteiger partial charge in [-0.3, -0.25) is 14.6 Å². The molecule has 1 aromatic carbocycles. The van der Waals surface area contributed by atoms with E-state index in [1.54, 1.807) is 30.5 Å². The number of benzene rings is 1. The number of hydrogen-bond donors (Lipinski definition) is 2. The smallest absolute Gasteiger partial charge is 0.254 e. The molecule has 1 unspecified atom stereocenters. The van der Waals surface area contributed by atoms with Gasteiger partial charge in [0, 0.05) is 23.4 Å². The van der Waals surface area contributed by atoms with E-state index < -0.39 is 5.91 Å². The summed E-state index contributed by atoms with van der Waals surface area (Å²) in [4.78, 5) is 31.0. The van der Waals surface area contributed by atoms with Crippen molar-refractivity contribution in [1.82, 2.24) is 15.2 Å². The summed E-state index contributed by atoms with van der Waals surface area (Å²) in [5.41, 5.74) is 7.04. The molecule has 1 atom stereocenters. The van der Waals surface area contributed by atoms with Gasteiger partial charge in [0.1, 0.15) is 0 Å². The largest absolute Gasteiger partial charge is 0.366 e. The number of carbonyl (C=O) groups excluding carboxylic acids is 2. The third-order valence-electron chi connectivity index (χ3n) is 4.70. The molecule has 1 saturated heterocycles. The maximum atomic E-state index is 13.3. The number of amides is 2. The van der Waals surface area contributed by atoms with Crippen molar-refractivity contribution >= 4 is 11.8 Å². The summed E-state index contributed by atoms with van der Waals surface area (Å²) in [5, 5.41) is 3.38. The Hall–Kier alpha value is -2.73. The van der Waals surface area contributed by atoms with Crippen molar-refractivity contribution in [2.75, 3.05) is 13.1 Å². The zero-order valence-electron chi connectivity index (χ0n) is 14.7. The molecule has 136 valence electrons. The van der Waals surface area contributed by atoms with E-state index >= 15 is 0 Å². The van der Waals surface area contributed by atoms with Crippen molar-refractivity contribution in [2.45, 2.75) is 31.8 Å². The molecule has 1 fully saturated rings. The molecule has 2 amide bonds. The maximum absolute atomic E-state index is 13.3. The Morgan fingerprint density at radius 3 is 2.73 bits per heavy atom. The number of rotatable bonds is 5. The van der Waals surface area contributed by atoms with Crippen molar-refractivity contribution in [1.29, 1.82) is 0 Å². The lowest BCUT2D eigenvalue weighted by Crippen LogP contribution is -2.40. The molecule has 0 spiro atoms. The van der Waals surface area contributed by atoms with Crippen molar-refractivity contribution in [3.63, 3.8) is 0 Å². The van der Waals surface area contributed by atoms with Crippen LogP contribution < -0.4 is 11.1 Å². The third-order valence-corrected chi connectivity index (χ3v) is 4.70. The molecule has 2 aromatic rings. The molecule has 3 N–H and O–H groups in total. The average molecular weight is 352 g/mol. The number of nitrogens with one attached hydrogen (secondary N) is 1. The van der Waals surface area contributed by atoms with Gasteiger partial charge >= 0.3 is 0 Å². The molecule has 1 aliphatic rings.